The van der Waals surface area contributed by atoms with Gasteiger partial charge in [-0.05, 0) is 44.0 Å². The maximum absolute atomic E-state index is 12.3. The summed E-state index contributed by atoms with van der Waals surface area (Å²) in [5, 5.41) is 9.09. The lowest BCUT2D eigenvalue weighted by Crippen LogP contribution is -2.13. The van der Waals surface area contributed by atoms with Crippen molar-refractivity contribution in [3.63, 3.8) is 0 Å². The zero-order valence-corrected chi connectivity index (χ0v) is 15.4. The number of hydrogen-bond donors (Lipinski definition) is 2. The van der Waals surface area contributed by atoms with Gasteiger partial charge in [-0.1, -0.05) is 11.6 Å². The van der Waals surface area contributed by atoms with Gasteiger partial charge in [0.05, 0.1) is 20.1 Å². The number of carboxylic acids is 1. The third-order valence-corrected chi connectivity index (χ3v) is 6.96. The predicted octanol–water partition coefficient (Wildman–Crippen LogP) is 3.82. The molecule has 0 aliphatic rings. The molecule has 0 amide bonds. The van der Waals surface area contributed by atoms with Crippen LogP contribution in [0.3, 0.4) is 0 Å². The van der Waals surface area contributed by atoms with Crippen LogP contribution in [0, 0.1) is 0 Å². The van der Waals surface area contributed by atoms with Gasteiger partial charge in [0.15, 0.2) is 0 Å². The van der Waals surface area contributed by atoms with Crippen LogP contribution in [0.5, 0.6) is 0 Å². The number of thiophene rings is 1. The molecule has 2 aromatic heterocycles. The molecule has 0 aromatic carbocycles. The van der Waals surface area contributed by atoms with E-state index in [2.05, 4.69) is 41.6 Å². The van der Waals surface area contributed by atoms with E-state index in [1.54, 1.807) is 0 Å². The van der Waals surface area contributed by atoms with Crippen molar-refractivity contribution in [3.05, 3.63) is 36.6 Å². The van der Waals surface area contributed by atoms with E-state index in [1.165, 1.54) is 12.3 Å². The Kier molecular flexibility index (Phi) is 4.93. The number of nitrogens with zero attached hydrogens (tertiary/aromatic N) is 1. The summed E-state index contributed by atoms with van der Waals surface area (Å²) in [4.78, 5) is 14.4. The van der Waals surface area contributed by atoms with Gasteiger partial charge in [0, 0.05) is 0 Å². The Morgan fingerprint density at radius 2 is 2.05 bits per heavy atom. The molecule has 0 unspecified atom stereocenters. The third-order valence-electron chi connectivity index (χ3n) is 2.20. The second-order valence-electron chi connectivity index (χ2n) is 3.66. The molecule has 2 N–H and O–H groups in total. The monoisotopic (exact) mass is 474 g/mol. The molecule has 2 rings (SSSR count). The van der Waals surface area contributed by atoms with Crippen molar-refractivity contribution in [1.29, 1.82) is 0 Å². The maximum Gasteiger partial charge on any atom is 0.345 e. The van der Waals surface area contributed by atoms with Crippen LogP contribution < -0.4 is 4.72 Å². The van der Waals surface area contributed by atoms with Crippen molar-refractivity contribution >= 4 is 76.5 Å². The standard InChI is InChI=1S/C10H5Br2ClN2O4S2/c11-5-1-4(3-14-9(5)13)15-21(18,19)7-2-6(10(16)17)20-8(7)12/h1-3,15H,(H,16,17). The average Bonchev–Trinajstić information content (AvgIpc) is 2.77. The van der Waals surface area contributed by atoms with E-state index < -0.39 is 16.0 Å². The summed E-state index contributed by atoms with van der Waals surface area (Å²) >= 11 is 12.7. The van der Waals surface area contributed by atoms with Gasteiger partial charge in [0.25, 0.3) is 10.0 Å². The SMILES string of the molecule is O=C(O)c1cc(S(=O)(=O)Nc2cnc(Cl)c(Br)c2)c(Br)s1. The number of sulfonamides is 1. The van der Waals surface area contributed by atoms with E-state index >= 15 is 0 Å². The van der Waals surface area contributed by atoms with Crippen molar-refractivity contribution in [2.24, 2.45) is 0 Å². The van der Waals surface area contributed by atoms with Gasteiger partial charge in [0.2, 0.25) is 0 Å². The number of carboxylic acid groups (broad SMARTS) is 1. The zero-order valence-electron chi connectivity index (χ0n) is 9.80. The van der Waals surface area contributed by atoms with Crippen LogP contribution in [0.1, 0.15) is 9.67 Å². The highest BCUT2D eigenvalue weighted by Gasteiger charge is 2.23. The van der Waals surface area contributed by atoms with E-state index in [1.807, 2.05) is 0 Å². The number of anilines is 1. The van der Waals surface area contributed by atoms with Gasteiger partial charge in [0.1, 0.15) is 14.9 Å². The molecular weight excluding hydrogens is 472 g/mol. The number of pyridine rings is 1. The van der Waals surface area contributed by atoms with Crippen LogP contribution in [-0.4, -0.2) is 24.5 Å². The Morgan fingerprint density at radius 1 is 1.38 bits per heavy atom. The molecule has 0 aliphatic heterocycles. The smallest absolute Gasteiger partial charge is 0.345 e. The summed E-state index contributed by atoms with van der Waals surface area (Å²) in [7, 11) is -3.94. The summed E-state index contributed by atoms with van der Waals surface area (Å²) < 4.78 is 27.4. The highest BCUT2D eigenvalue weighted by atomic mass is 79.9. The number of rotatable bonds is 4. The Morgan fingerprint density at radius 3 is 2.57 bits per heavy atom. The minimum Gasteiger partial charge on any atom is -0.477 e. The van der Waals surface area contributed by atoms with Gasteiger partial charge in [-0.25, -0.2) is 18.2 Å². The second-order valence-corrected chi connectivity index (χ2v) is 8.89. The largest absolute Gasteiger partial charge is 0.477 e. The number of hydrogen-bond acceptors (Lipinski definition) is 5. The molecule has 0 fully saturated rings. The normalized spacial score (nSPS) is 11.4. The number of aromatic nitrogens is 1. The van der Waals surface area contributed by atoms with Crippen LogP contribution in [0.4, 0.5) is 5.69 Å². The molecule has 0 bridgehead atoms. The van der Waals surface area contributed by atoms with Crippen molar-refractivity contribution < 1.29 is 18.3 Å². The van der Waals surface area contributed by atoms with Crippen LogP contribution >= 0.6 is 54.8 Å². The molecule has 6 nitrogen and oxygen atoms in total. The molecule has 11 heteroatoms. The molecular formula is C10H5Br2ClN2O4S2. The summed E-state index contributed by atoms with van der Waals surface area (Å²) in [6.07, 6.45) is 1.25. The van der Waals surface area contributed by atoms with Crippen molar-refractivity contribution in [2.75, 3.05) is 4.72 Å². The van der Waals surface area contributed by atoms with E-state index in [9.17, 15) is 13.2 Å². The van der Waals surface area contributed by atoms with Crippen LogP contribution in [0.25, 0.3) is 0 Å². The zero-order chi connectivity index (χ0) is 15.8. The molecule has 0 atom stereocenters. The van der Waals surface area contributed by atoms with Gasteiger partial charge < -0.3 is 5.11 Å². The first-order valence-electron chi connectivity index (χ1n) is 5.07. The fraction of sp³-hybridized carbons (Fsp3) is 0. The van der Waals surface area contributed by atoms with Crippen LogP contribution in [0.15, 0.2) is 31.5 Å². The van der Waals surface area contributed by atoms with Gasteiger partial charge in [-0.3, -0.25) is 4.72 Å². The fourth-order valence-corrected chi connectivity index (χ4v) is 5.22. The van der Waals surface area contributed by atoms with E-state index in [0.29, 0.717) is 4.47 Å². The Balaban J connectivity index is 2.38. The van der Waals surface area contributed by atoms with Crippen molar-refractivity contribution in [1.82, 2.24) is 4.98 Å². The first kappa shape index (κ1) is 16.7. The topological polar surface area (TPSA) is 96.4 Å². The molecule has 112 valence electrons. The quantitative estimate of drug-likeness (QED) is 0.654. The maximum atomic E-state index is 12.3. The van der Waals surface area contributed by atoms with Gasteiger partial charge >= 0.3 is 5.97 Å². The molecule has 2 aromatic rings. The summed E-state index contributed by atoms with van der Waals surface area (Å²) in [5.74, 6) is -1.20. The molecule has 0 saturated carbocycles. The third kappa shape index (κ3) is 3.75. The molecule has 0 radical (unpaired) electrons. The number of nitrogens with one attached hydrogen (secondary N) is 1. The minimum atomic E-state index is -3.94. The lowest BCUT2D eigenvalue weighted by Gasteiger charge is -2.07. The van der Waals surface area contributed by atoms with E-state index in [-0.39, 0.29) is 24.4 Å². The van der Waals surface area contributed by atoms with Crippen molar-refractivity contribution in [2.45, 2.75) is 4.90 Å². The lowest BCUT2D eigenvalue weighted by molar-refractivity contribution is 0.0702. The van der Waals surface area contributed by atoms with Crippen molar-refractivity contribution in [3.8, 4) is 0 Å². The molecule has 0 aliphatic carbocycles. The predicted molar refractivity (Wildman–Crippen MR) is 86.7 cm³/mol. The molecule has 0 spiro atoms. The second kappa shape index (κ2) is 6.21. The highest BCUT2D eigenvalue weighted by Crippen LogP contribution is 2.33. The van der Waals surface area contributed by atoms with E-state index in [4.69, 9.17) is 16.7 Å². The van der Waals surface area contributed by atoms with Crippen LogP contribution in [-0.2, 0) is 10.0 Å². The summed E-state index contributed by atoms with van der Waals surface area (Å²) in [6, 6.07) is 2.53. The fourth-order valence-electron chi connectivity index (χ4n) is 1.33. The number of carbonyl (C=O) groups is 1. The first-order valence-corrected chi connectivity index (χ1v) is 9.33. The Bertz CT molecular complexity index is 822. The first-order chi connectivity index (χ1) is 9.70. The highest BCUT2D eigenvalue weighted by molar-refractivity contribution is 9.11. The Labute approximate surface area is 145 Å². The Hall–Kier alpha value is -0.680. The summed E-state index contributed by atoms with van der Waals surface area (Å²) in [5.41, 5.74) is 0.196. The minimum absolute atomic E-state index is 0.0855. The van der Waals surface area contributed by atoms with Crippen LogP contribution in [0.2, 0.25) is 5.15 Å². The number of aromatic carboxylic acids is 1. The van der Waals surface area contributed by atoms with Gasteiger partial charge in [-0.2, -0.15) is 0 Å². The number of halogens is 3. The van der Waals surface area contributed by atoms with E-state index in [0.717, 1.165) is 17.4 Å². The van der Waals surface area contributed by atoms with Gasteiger partial charge in [-0.15, -0.1) is 11.3 Å². The molecule has 0 saturated heterocycles. The lowest BCUT2D eigenvalue weighted by atomic mass is 10.4. The summed E-state index contributed by atoms with van der Waals surface area (Å²) in [6.45, 7) is 0. The molecule has 21 heavy (non-hydrogen) atoms. The molecule has 2 heterocycles. The average molecular weight is 477 g/mol.